The van der Waals surface area contributed by atoms with Gasteiger partial charge in [0, 0.05) is 45.7 Å². The number of carbonyl (C=O) groups excluding carboxylic acids is 1. The van der Waals surface area contributed by atoms with Crippen LogP contribution in [-0.2, 0) is 16.0 Å². The van der Waals surface area contributed by atoms with E-state index in [4.69, 9.17) is 9.47 Å². The summed E-state index contributed by atoms with van der Waals surface area (Å²) in [4.78, 5) is 25.5. The molecule has 1 amide bonds. The van der Waals surface area contributed by atoms with Gasteiger partial charge in [0.2, 0.25) is 5.95 Å². The summed E-state index contributed by atoms with van der Waals surface area (Å²) in [6, 6.07) is 11.8. The predicted molar refractivity (Wildman–Crippen MR) is 100 cm³/mol. The first-order valence-electron chi connectivity index (χ1n) is 9.31. The Balaban J connectivity index is 1.42. The van der Waals surface area contributed by atoms with Crippen molar-refractivity contribution in [2.45, 2.75) is 25.2 Å². The Hall–Kier alpha value is -2.51. The number of aromatic nitrogens is 2. The number of rotatable bonds is 4. The molecule has 2 saturated heterocycles. The number of amides is 1. The third-order valence-corrected chi connectivity index (χ3v) is 5.09. The van der Waals surface area contributed by atoms with E-state index >= 15 is 0 Å². The van der Waals surface area contributed by atoms with Crippen LogP contribution >= 0.6 is 0 Å². The highest BCUT2D eigenvalue weighted by atomic mass is 16.7. The van der Waals surface area contributed by atoms with Gasteiger partial charge in [-0.1, -0.05) is 30.3 Å². The molecule has 0 bridgehead atoms. The zero-order valence-electron chi connectivity index (χ0n) is 15.5. The van der Waals surface area contributed by atoms with E-state index in [-0.39, 0.29) is 5.91 Å². The Morgan fingerprint density at radius 2 is 1.85 bits per heavy atom. The van der Waals surface area contributed by atoms with E-state index < -0.39 is 5.79 Å². The van der Waals surface area contributed by atoms with Crippen molar-refractivity contribution in [1.29, 1.82) is 0 Å². The lowest BCUT2D eigenvalue weighted by Gasteiger charge is -2.37. The number of benzene rings is 1. The van der Waals surface area contributed by atoms with Crippen LogP contribution in [0.4, 0.5) is 5.95 Å². The lowest BCUT2D eigenvalue weighted by Crippen LogP contribution is -2.47. The summed E-state index contributed by atoms with van der Waals surface area (Å²) < 4.78 is 11.5. The molecule has 3 heterocycles. The zero-order valence-corrected chi connectivity index (χ0v) is 15.5. The number of ether oxygens (including phenoxy) is 2. The standard InChI is InChI=1S/C20H24N4O3/c1-23(15-16-5-3-2-4-6-16)19-21-10-7-17(22-19)18(25)24-11-8-20(9-12-24)26-13-14-27-20/h2-7,10H,8-9,11-15H2,1H3. The lowest BCUT2D eigenvalue weighted by atomic mass is 10.0. The van der Waals surface area contributed by atoms with E-state index in [9.17, 15) is 4.79 Å². The number of hydrogen-bond acceptors (Lipinski definition) is 6. The van der Waals surface area contributed by atoms with E-state index in [1.54, 1.807) is 12.3 Å². The van der Waals surface area contributed by atoms with Crippen molar-refractivity contribution in [3.63, 3.8) is 0 Å². The number of anilines is 1. The van der Waals surface area contributed by atoms with Crippen molar-refractivity contribution < 1.29 is 14.3 Å². The molecular weight excluding hydrogens is 344 g/mol. The molecule has 1 spiro atoms. The van der Waals surface area contributed by atoms with Gasteiger partial charge in [0.15, 0.2) is 5.79 Å². The highest BCUT2D eigenvalue weighted by Crippen LogP contribution is 2.31. The van der Waals surface area contributed by atoms with Gasteiger partial charge in [-0.05, 0) is 11.6 Å². The first kappa shape index (κ1) is 17.9. The highest BCUT2D eigenvalue weighted by molar-refractivity contribution is 5.92. The van der Waals surface area contributed by atoms with Gasteiger partial charge in [0.1, 0.15) is 5.69 Å². The van der Waals surface area contributed by atoms with Crippen molar-refractivity contribution in [2.24, 2.45) is 0 Å². The first-order valence-corrected chi connectivity index (χ1v) is 9.31. The largest absolute Gasteiger partial charge is 0.347 e. The Kier molecular flexibility index (Phi) is 5.05. The number of hydrogen-bond donors (Lipinski definition) is 0. The Morgan fingerprint density at radius 3 is 2.56 bits per heavy atom. The summed E-state index contributed by atoms with van der Waals surface area (Å²) in [5, 5.41) is 0. The van der Waals surface area contributed by atoms with Crippen LogP contribution in [0.3, 0.4) is 0 Å². The van der Waals surface area contributed by atoms with Crippen LogP contribution in [0.1, 0.15) is 28.9 Å². The van der Waals surface area contributed by atoms with Crippen LogP contribution in [0.15, 0.2) is 42.6 Å². The molecule has 1 aromatic carbocycles. The minimum atomic E-state index is -0.483. The molecule has 7 nitrogen and oxygen atoms in total. The molecule has 0 aliphatic carbocycles. The molecule has 0 atom stereocenters. The van der Waals surface area contributed by atoms with Crippen LogP contribution in [0.5, 0.6) is 0 Å². The fourth-order valence-corrected chi connectivity index (χ4v) is 3.58. The van der Waals surface area contributed by atoms with Crippen LogP contribution in [0.2, 0.25) is 0 Å². The number of likely N-dealkylation sites (tertiary alicyclic amines) is 1. The van der Waals surface area contributed by atoms with Gasteiger partial charge in [0.25, 0.3) is 5.91 Å². The highest BCUT2D eigenvalue weighted by Gasteiger charge is 2.41. The van der Waals surface area contributed by atoms with Gasteiger partial charge in [-0.25, -0.2) is 9.97 Å². The molecule has 142 valence electrons. The summed E-state index contributed by atoms with van der Waals surface area (Å²) in [5.74, 6) is -0.0102. The van der Waals surface area contributed by atoms with Gasteiger partial charge in [-0.15, -0.1) is 0 Å². The quantitative estimate of drug-likeness (QED) is 0.823. The third-order valence-electron chi connectivity index (χ3n) is 5.09. The van der Waals surface area contributed by atoms with Gasteiger partial charge in [0.05, 0.1) is 13.2 Å². The summed E-state index contributed by atoms with van der Waals surface area (Å²) >= 11 is 0. The second-order valence-corrected chi connectivity index (χ2v) is 6.98. The molecule has 0 N–H and O–H groups in total. The molecule has 4 rings (SSSR count). The number of piperidine rings is 1. The van der Waals surface area contributed by atoms with Gasteiger partial charge < -0.3 is 19.3 Å². The van der Waals surface area contributed by atoms with Crippen LogP contribution in [0, 0.1) is 0 Å². The second-order valence-electron chi connectivity index (χ2n) is 6.98. The molecule has 0 radical (unpaired) electrons. The van der Waals surface area contributed by atoms with E-state index in [1.807, 2.05) is 35.0 Å². The topological polar surface area (TPSA) is 67.8 Å². The van der Waals surface area contributed by atoms with Crippen molar-refractivity contribution >= 4 is 11.9 Å². The molecule has 0 saturated carbocycles. The summed E-state index contributed by atoms with van der Waals surface area (Å²) in [6.07, 6.45) is 3.04. The average molecular weight is 368 g/mol. The fraction of sp³-hybridized carbons (Fsp3) is 0.450. The average Bonchev–Trinajstić information content (AvgIpc) is 3.17. The molecule has 1 aromatic heterocycles. The van der Waals surface area contributed by atoms with Crippen LogP contribution in [0.25, 0.3) is 0 Å². The van der Waals surface area contributed by atoms with E-state index in [1.165, 1.54) is 5.56 Å². The van der Waals surface area contributed by atoms with Crippen molar-refractivity contribution in [1.82, 2.24) is 14.9 Å². The third kappa shape index (κ3) is 3.94. The molecule has 0 unspecified atom stereocenters. The molecule has 2 aliphatic heterocycles. The van der Waals surface area contributed by atoms with E-state index in [0.717, 1.165) is 0 Å². The van der Waals surface area contributed by atoms with Crippen molar-refractivity contribution in [3.8, 4) is 0 Å². The fourth-order valence-electron chi connectivity index (χ4n) is 3.58. The Morgan fingerprint density at radius 1 is 1.15 bits per heavy atom. The maximum atomic E-state index is 12.9. The predicted octanol–water partition coefficient (Wildman–Crippen LogP) is 2.09. The Bertz CT molecular complexity index is 783. The maximum absolute atomic E-state index is 12.9. The minimum Gasteiger partial charge on any atom is -0.347 e. The van der Waals surface area contributed by atoms with Gasteiger partial charge in [-0.3, -0.25) is 4.79 Å². The normalized spacial score (nSPS) is 18.6. The minimum absolute atomic E-state index is 0.0698. The van der Waals surface area contributed by atoms with Gasteiger partial charge >= 0.3 is 0 Å². The maximum Gasteiger partial charge on any atom is 0.272 e. The first-order chi connectivity index (χ1) is 13.2. The second kappa shape index (κ2) is 7.62. The summed E-state index contributed by atoms with van der Waals surface area (Å²) in [6.45, 7) is 3.17. The molecule has 27 heavy (non-hydrogen) atoms. The SMILES string of the molecule is CN(Cc1ccccc1)c1nccc(C(=O)N2CCC3(CC2)OCCO3)n1. The molecule has 2 aromatic rings. The smallest absolute Gasteiger partial charge is 0.272 e. The molecule has 2 fully saturated rings. The number of nitrogens with zero attached hydrogens (tertiary/aromatic N) is 4. The summed E-state index contributed by atoms with van der Waals surface area (Å²) in [7, 11) is 1.93. The van der Waals surface area contributed by atoms with Gasteiger partial charge in [-0.2, -0.15) is 0 Å². The Labute approximate surface area is 158 Å². The van der Waals surface area contributed by atoms with Crippen LogP contribution in [-0.4, -0.2) is 59.9 Å². The zero-order chi connectivity index (χ0) is 18.7. The lowest BCUT2D eigenvalue weighted by molar-refractivity contribution is -0.181. The summed E-state index contributed by atoms with van der Waals surface area (Å²) in [5.41, 5.74) is 1.59. The van der Waals surface area contributed by atoms with Crippen LogP contribution < -0.4 is 4.90 Å². The molecule has 2 aliphatic rings. The van der Waals surface area contributed by atoms with Crippen molar-refractivity contribution in [3.05, 3.63) is 53.9 Å². The van der Waals surface area contributed by atoms with E-state index in [0.29, 0.717) is 57.3 Å². The number of carbonyl (C=O) groups is 1. The molecular formula is C20H24N4O3. The molecule has 7 heteroatoms. The monoisotopic (exact) mass is 368 g/mol. The van der Waals surface area contributed by atoms with Crippen molar-refractivity contribution in [2.75, 3.05) is 38.3 Å². The van der Waals surface area contributed by atoms with E-state index in [2.05, 4.69) is 22.1 Å².